The summed E-state index contributed by atoms with van der Waals surface area (Å²) in [6.45, 7) is 3.48. The van der Waals surface area contributed by atoms with Crippen LogP contribution in [0.15, 0.2) is 48.8 Å². The number of piperidine rings is 1. The fourth-order valence-electron chi connectivity index (χ4n) is 2.83. The van der Waals surface area contributed by atoms with Gasteiger partial charge >= 0.3 is 5.97 Å². The molecule has 1 atom stereocenters. The van der Waals surface area contributed by atoms with Gasteiger partial charge < -0.3 is 9.64 Å². The fourth-order valence-corrected chi connectivity index (χ4v) is 2.83. The van der Waals surface area contributed by atoms with E-state index in [1.54, 1.807) is 18.5 Å². The van der Waals surface area contributed by atoms with E-state index in [1.807, 2.05) is 37.3 Å². The lowest BCUT2D eigenvalue weighted by atomic mass is 9.97. The van der Waals surface area contributed by atoms with Gasteiger partial charge in [0.25, 0.3) is 0 Å². The summed E-state index contributed by atoms with van der Waals surface area (Å²) in [5.41, 5.74) is 1.02. The van der Waals surface area contributed by atoms with Crippen LogP contribution in [0.2, 0.25) is 0 Å². The quantitative estimate of drug-likeness (QED) is 0.813. The monoisotopic (exact) mass is 311 g/mol. The average molecular weight is 311 g/mol. The Kier molecular flexibility index (Phi) is 4.86. The Bertz CT molecular complexity index is 625. The minimum Gasteiger partial charge on any atom is -0.458 e. The van der Waals surface area contributed by atoms with Crippen LogP contribution in [0.5, 0.6) is 0 Å². The van der Waals surface area contributed by atoms with Gasteiger partial charge in [0.15, 0.2) is 0 Å². The zero-order valence-corrected chi connectivity index (χ0v) is 13.3. The second-order valence-corrected chi connectivity index (χ2v) is 5.80. The van der Waals surface area contributed by atoms with Gasteiger partial charge in [-0.05, 0) is 31.4 Å². The molecule has 1 unspecified atom stereocenters. The second kappa shape index (κ2) is 7.22. The van der Waals surface area contributed by atoms with Gasteiger partial charge in [-0.3, -0.25) is 4.79 Å². The molecule has 0 saturated carbocycles. The molecule has 5 nitrogen and oxygen atoms in total. The molecule has 1 aliphatic rings. The summed E-state index contributed by atoms with van der Waals surface area (Å²) in [5, 5.41) is 0. The van der Waals surface area contributed by atoms with Crippen molar-refractivity contribution in [3.8, 4) is 0 Å². The van der Waals surface area contributed by atoms with Crippen LogP contribution < -0.4 is 4.90 Å². The highest BCUT2D eigenvalue weighted by Crippen LogP contribution is 2.24. The standard InChI is InChI=1S/C18H21N3O2/c1-14(15-6-3-2-4-7-15)23-17(22)16-8-12-21(13-9-16)18-19-10-5-11-20-18/h2-7,10-11,14,16H,8-9,12-13H2,1H3. The SMILES string of the molecule is CC(OC(=O)C1CCN(c2ncccn2)CC1)c1ccccc1. The van der Waals surface area contributed by atoms with Crippen molar-refractivity contribution >= 4 is 11.9 Å². The molecule has 2 heterocycles. The summed E-state index contributed by atoms with van der Waals surface area (Å²) in [6, 6.07) is 11.6. The third-order valence-electron chi connectivity index (χ3n) is 4.23. The van der Waals surface area contributed by atoms with E-state index < -0.39 is 0 Å². The lowest BCUT2D eigenvalue weighted by molar-refractivity contribution is -0.154. The van der Waals surface area contributed by atoms with E-state index in [1.165, 1.54) is 0 Å². The number of hydrogen-bond donors (Lipinski definition) is 0. The van der Waals surface area contributed by atoms with Gasteiger partial charge in [-0.2, -0.15) is 0 Å². The Labute approximate surface area is 136 Å². The van der Waals surface area contributed by atoms with E-state index in [2.05, 4.69) is 14.9 Å². The van der Waals surface area contributed by atoms with Crippen molar-refractivity contribution in [3.05, 3.63) is 54.4 Å². The molecule has 5 heteroatoms. The average Bonchev–Trinajstić information content (AvgIpc) is 2.63. The van der Waals surface area contributed by atoms with Crippen molar-refractivity contribution in [3.63, 3.8) is 0 Å². The lowest BCUT2D eigenvalue weighted by Crippen LogP contribution is -2.38. The summed E-state index contributed by atoms with van der Waals surface area (Å²) in [7, 11) is 0. The van der Waals surface area contributed by atoms with Crippen LogP contribution in [0.3, 0.4) is 0 Å². The molecule has 1 saturated heterocycles. The van der Waals surface area contributed by atoms with Gasteiger partial charge in [0.05, 0.1) is 5.92 Å². The van der Waals surface area contributed by atoms with Crippen molar-refractivity contribution in [1.29, 1.82) is 0 Å². The third-order valence-corrected chi connectivity index (χ3v) is 4.23. The first-order chi connectivity index (χ1) is 11.2. The van der Waals surface area contributed by atoms with Gasteiger partial charge in [0, 0.05) is 25.5 Å². The first-order valence-corrected chi connectivity index (χ1v) is 8.01. The van der Waals surface area contributed by atoms with Crippen molar-refractivity contribution in [2.45, 2.75) is 25.9 Å². The molecule has 1 aliphatic heterocycles. The molecule has 0 aliphatic carbocycles. The van der Waals surface area contributed by atoms with Gasteiger partial charge in [-0.25, -0.2) is 9.97 Å². The number of ether oxygens (including phenoxy) is 1. The number of benzene rings is 1. The molecule has 23 heavy (non-hydrogen) atoms. The topological polar surface area (TPSA) is 55.3 Å². The molecule has 1 aromatic heterocycles. The first kappa shape index (κ1) is 15.5. The highest BCUT2D eigenvalue weighted by molar-refractivity contribution is 5.73. The molecule has 3 rings (SSSR count). The Morgan fingerprint density at radius 3 is 2.43 bits per heavy atom. The Morgan fingerprint density at radius 1 is 1.13 bits per heavy atom. The summed E-state index contributed by atoms with van der Waals surface area (Å²) in [4.78, 5) is 23.0. The van der Waals surface area contributed by atoms with E-state index in [-0.39, 0.29) is 18.0 Å². The highest BCUT2D eigenvalue weighted by Gasteiger charge is 2.28. The predicted octanol–water partition coefficient (Wildman–Crippen LogP) is 3.00. The van der Waals surface area contributed by atoms with Crippen molar-refractivity contribution in [2.24, 2.45) is 5.92 Å². The maximum absolute atomic E-state index is 12.4. The van der Waals surface area contributed by atoms with E-state index in [0.29, 0.717) is 0 Å². The molecule has 0 amide bonds. The molecular formula is C18H21N3O2. The number of esters is 1. The zero-order chi connectivity index (χ0) is 16.1. The molecule has 1 aromatic carbocycles. The van der Waals surface area contributed by atoms with Gasteiger partial charge in [-0.1, -0.05) is 30.3 Å². The summed E-state index contributed by atoms with van der Waals surface area (Å²) < 4.78 is 5.63. The van der Waals surface area contributed by atoms with Crippen LogP contribution in [0.25, 0.3) is 0 Å². The highest BCUT2D eigenvalue weighted by atomic mass is 16.5. The Balaban J connectivity index is 1.52. The number of carbonyl (C=O) groups excluding carboxylic acids is 1. The normalized spacial score (nSPS) is 16.8. The molecule has 2 aromatic rings. The van der Waals surface area contributed by atoms with Crippen LogP contribution >= 0.6 is 0 Å². The molecule has 120 valence electrons. The molecule has 1 fully saturated rings. The maximum atomic E-state index is 12.4. The van der Waals surface area contributed by atoms with Crippen molar-refractivity contribution in [2.75, 3.05) is 18.0 Å². The van der Waals surface area contributed by atoms with Gasteiger partial charge in [0.2, 0.25) is 5.95 Å². The largest absolute Gasteiger partial charge is 0.458 e. The number of rotatable bonds is 4. The number of aromatic nitrogens is 2. The minimum absolute atomic E-state index is 0.0406. The molecule has 0 bridgehead atoms. The Hall–Kier alpha value is -2.43. The summed E-state index contributed by atoms with van der Waals surface area (Å²) in [6.07, 6.45) is 4.82. The van der Waals surface area contributed by atoms with Gasteiger partial charge in [-0.15, -0.1) is 0 Å². The van der Waals surface area contributed by atoms with E-state index in [9.17, 15) is 4.79 Å². The molecular weight excluding hydrogens is 290 g/mol. The smallest absolute Gasteiger partial charge is 0.309 e. The molecule has 0 radical (unpaired) electrons. The zero-order valence-electron chi connectivity index (χ0n) is 13.3. The fraction of sp³-hybridized carbons (Fsp3) is 0.389. The van der Waals surface area contributed by atoms with Gasteiger partial charge in [0.1, 0.15) is 6.10 Å². The molecule has 0 spiro atoms. The van der Waals surface area contributed by atoms with E-state index >= 15 is 0 Å². The van der Waals surface area contributed by atoms with Crippen molar-refractivity contribution in [1.82, 2.24) is 9.97 Å². The van der Waals surface area contributed by atoms with Crippen LogP contribution in [-0.2, 0) is 9.53 Å². The number of hydrogen-bond acceptors (Lipinski definition) is 5. The van der Waals surface area contributed by atoms with Crippen LogP contribution in [0.1, 0.15) is 31.4 Å². The summed E-state index contributed by atoms with van der Waals surface area (Å²) >= 11 is 0. The lowest BCUT2D eigenvalue weighted by Gasteiger charge is -2.31. The first-order valence-electron chi connectivity index (χ1n) is 8.01. The van der Waals surface area contributed by atoms with Crippen LogP contribution in [0, 0.1) is 5.92 Å². The molecule has 0 N–H and O–H groups in total. The second-order valence-electron chi connectivity index (χ2n) is 5.80. The minimum atomic E-state index is -0.209. The summed E-state index contributed by atoms with van der Waals surface area (Å²) in [5.74, 6) is 0.591. The Morgan fingerprint density at radius 2 is 1.78 bits per heavy atom. The van der Waals surface area contributed by atoms with Crippen LogP contribution in [-0.4, -0.2) is 29.0 Å². The van der Waals surface area contributed by atoms with Crippen LogP contribution in [0.4, 0.5) is 5.95 Å². The number of carbonyl (C=O) groups is 1. The van der Waals surface area contributed by atoms with E-state index in [0.717, 1.165) is 37.4 Å². The van der Waals surface area contributed by atoms with E-state index in [4.69, 9.17) is 4.74 Å². The number of anilines is 1. The third kappa shape index (κ3) is 3.86. The van der Waals surface area contributed by atoms with Crippen molar-refractivity contribution < 1.29 is 9.53 Å². The maximum Gasteiger partial charge on any atom is 0.309 e. The predicted molar refractivity (Wildman–Crippen MR) is 87.9 cm³/mol. The number of nitrogens with zero attached hydrogens (tertiary/aromatic N) is 3.